The maximum Gasteiger partial charge on any atom is 0.162 e. The molecule has 0 amide bonds. The van der Waals surface area contributed by atoms with Crippen molar-refractivity contribution in [1.82, 2.24) is 0 Å². The summed E-state index contributed by atoms with van der Waals surface area (Å²) in [7, 11) is 4.65. The number of aliphatic imine (C=N–C) groups is 1. The number of anilines is 1. The van der Waals surface area contributed by atoms with Gasteiger partial charge in [-0.15, -0.1) is 0 Å². The highest BCUT2D eigenvalue weighted by Crippen LogP contribution is 2.33. The number of hydrogen-bond acceptors (Lipinski definition) is 6. The maximum absolute atomic E-state index is 9.42. The maximum atomic E-state index is 9.42. The van der Waals surface area contributed by atoms with E-state index in [0.29, 0.717) is 45.2 Å². The van der Waals surface area contributed by atoms with Crippen molar-refractivity contribution in [2.75, 3.05) is 32.9 Å². The Balaban J connectivity index is 2.24. The fourth-order valence-electron chi connectivity index (χ4n) is 2.32. The molecule has 0 atom stereocenters. The number of halogens is 1. The Hall–Kier alpha value is -2.56. The zero-order chi connectivity index (χ0) is 19.8. The molecule has 0 spiro atoms. The summed E-state index contributed by atoms with van der Waals surface area (Å²) in [6.07, 6.45) is 1.90. The molecule has 0 heterocycles. The number of nitrogens with one attached hydrogen (secondary N) is 1. The van der Waals surface area contributed by atoms with Gasteiger partial charge in [-0.3, -0.25) is 4.99 Å². The second-order valence-corrected chi connectivity index (χ2v) is 6.49. The van der Waals surface area contributed by atoms with Gasteiger partial charge in [0.15, 0.2) is 16.7 Å². The third kappa shape index (κ3) is 5.22. The minimum Gasteiger partial charge on any atom is -0.495 e. The van der Waals surface area contributed by atoms with Crippen LogP contribution in [0.5, 0.6) is 17.2 Å². The van der Waals surface area contributed by atoms with Crippen LogP contribution in [0.2, 0.25) is 5.02 Å². The monoisotopic (exact) mass is 405 g/mol. The van der Waals surface area contributed by atoms with Gasteiger partial charge in [-0.2, -0.15) is 5.26 Å². The van der Waals surface area contributed by atoms with Crippen molar-refractivity contribution in [3.63, 3.8) is 0 Å². The molecule has 0 saturated carbocycles. The number of thioether (sulfide) groups is 1. The molecule has 0 aliphatic heterocycles. The number of rotatable bonds is 6. The Labute approximate surface area is 168 Å². The molecule has 0 radical (unpaired) electrons. The van der Waals surface area contributed by atoms with Crippen molar-refractivity contribution < 1.29 is 14.2 Å². The number of nitrogens with zero attached hydrogens (tertiary/aromatic N) is 2. The predicted molar refractivity (Wildman–Crippen MR) is 111 cm³/mol. The van der Waals surface area contributed by atoms with Crippen LogP contribution in [0, 0.1) is 11.3 Å². The van der Waals surface area contributed by atoms with Crippen molar-refractivity contribution in [2.24, 2.45) is 4.99 Å². The van der Waals surface area contributed by atoms with Crippen LogP contribution in [-0.4, -0.2) is 32.8 Å². The number of ether oxygens (including phenoxy) is 3. The summed E-state index contributed by atoms with van der Waals surface area (Å²) in [4.78, 5) is 4.57. The molecule has 2 rings (SSSR count). The Kier molecular flexibility index (Phi) is 7.65. The van der Waals surface area contributed by atoms with Crippen LogP contribution in [-0.2, 0) is 6.54 Å². The normalized spacial score (nSPS) is 10.9. The van der Waals surface area contributed by atoms with Crippen molar-refractivity contribution in [2.45, 2.75) is 6.54 Å². The van der Waals surface area contributed by atoms with Gasteiger partial charge in [0.1, 0.15) is 11.8 Å². The zero-order valence-corrected chi connectivity index (χ0v) is 17.1. The van der Waals surface area contributed by atoms with Crippen LogP contribution in [0.3, 0.4) is 0 Å². The summed E-state index contributed by atoms with van der Waals surface area (Å²) in [6.45, 7) is 0.433. The SMILES string of the molecule is COc1ccc(CN=C(Nc2cc(OC)c(OC)cc2C#N)SC)cc1Cl. The van der Waals surface area contributed by atoms with E-state index < -0.39 is 0 Å². The van der Waals surface area contributed by atoms with Gasteiger partial charge in [-0.05, 0) is 24.0 Å². The highest BCUT2D eigenvalue weighted by atomic mass is 35.5. The van der Waals surface area contributed by atoms with Gasteiger partial charge in [0.05, 0.1) is 44.1 Å². The topological polar surface area (TPSA) is 75.9 Å². The Morgan fingerprint density at radius 3 is 2.33 bits per heavy atom. The molecular formula is C19H20ClN3O3S. The summed E-state index contributed by atoms with van der Waals surface area (Å²) in [5.41, 5.74) is 1.97. The molecule has 0 fully saturated rings. The average molecular weight is 406 g/mol. The summed E-state index contributed by atoms with van der Waals surface area (Å²) in [5, 5.41) is 13.8. The third-order valence-electron chi connectivity index (χ3n) is 3.70. The molecular weight excluding hydrogens is 386 g/mol. The first kappa shape index (κ1) is 20.7. The molecule has 0 aromatic heterocycles. The lowest BCUT2D eigenvalue weighted by atomic mass is 10.1. The van der Waals surface area contributed by atoms with E-state index in [9.17, 15) is 5.26 Å². The van der Waals surface area contributed by atoms with E-state index in [-0.39, 0.29) is 0 Å². The first-order valence-corrected chi connectivity index (χ1v) is 9.50. The quantitative estimate of drug-likeness (QED) is 0.560. The van der Waals surface area contributed by atoms with Crippen LogP contribution >= 0.6 is 23.4 Å². The van der Waals surface area contributed by atoms with Crippen molar-refractivity contribution in [1.29, 1.82) is 5.26 Å². The molecule has 6 nitrogen and oxygen atoms in total. The molecule has 1 N–H and O–H groups in total. The van der Waals surface area contributed by atoms with Gasteiger partial charge in [0, 0.05) is 12.1 Å². The van der Waals surface area contributed by atoms with Gasteiger partial charge < -0.3 is 19.5 Å². The molecule has 2 aromatic carbocycles. The zero-order valence-electron chi connectivity index (χ0n) is 15.5. The van der Waals surface area contributed by atoms with Crippen molar-refractivity contribution in [3.05, 3.63) is 46.5 Å². The van der Waals surface area contributed by atoms with Crippen LogP contribution in [0.25, 0.3) is 0 Å². The number of nitriles is 1. The van der Waals surface area contributed by atoms with Gasteiger partial charge in [0.2, 0.25) is 0 Å². The number of benzene rings is 2. The smallest absolute Gasteiger partial charge is 0.162 e. The summed E-state index contributed by atoms with van der Waals surface area (Å²) in [6, 6.07) is 11.0. The molecule has 142 valence electrons. The first-order chi connectivity index (χ1) is 13.1. The molecule has 0 aliphatic rings. The fraction of sp³-hybridized carbons (Fsp3) is 0.263. The van der Waals surface area contributed by atoms with Gasteiger partial charge >= 0.3 is 0 Å². The van der Waals surface area contributed by atoms with E-state index in [1.54, 1.807) is 26.4 Å². The Morgan fingerprint density at radius 1 is 1.11 bits per heavy atom. The summed E-state index contributed by atoms with van der Waals surface area (Å²) in [5.74, 6) is 1.65. The second kappa shape index (κ2) is 9.95. The third-order valence-corrected chi connectivity index (χ3v) is 4.61. The van der Waals surface area contributed by atoms with E-state index in [2.05, 4.69) is 16.4 Å². The highest BCUT2D eigenvalue weighted by Gasteiger charge is 2.12. The van der Waals surface area contributed by atoms with Crippen molar-refractivity contribution in [3.8, 4) is 23.3 Å². The van der Waals surface area contributed by atoms with Crippen LogP contribution < -0.4 is 19.5 Å². The average Bonchev–Trinajstić information content (AvgIpc) is 2.70. The summed E-state index contributed by atoms with van der Waals surface area (Å²) < 4.78 is 15.7. The van der Waals surface area contributed by atoms with Crippen molar-refractivity contribution >= 4 is 34.2 Å². The minimum atomic E-state index is 0.432. The van der Waals surface area contributed by atoms with E-state index >= 15 is 0 Å². The molecule has 0 aliphatic carbocycles. The van der Waals surface area contributed by atoms with E-state index in [4.69, 9.17) is 25.8 Å². The second-order valence-electron chi connectivity index (χ2n) is 5.28. The number of amidine groups is 1. The summed E-state index contributed by atoms with van der Waals surface area (Å²) >= 11 is 7.59. The lowest BCUT2D eigenvalue weighted by molar-refractivity contribution is 0.355. The largest absolute Gasteiger partial charge is 0.495 e. The molecule has 0 bridgehead atoms. The van der Waals surface area contributed by atoms with Crippen LogP contribution in [0.4, 0.5) is 5.69 Å². The van der Waals surface area contributed by atoms with Gasteiger partial charge in [-0.25, -0.2) is 0 Å². The van der Waals surface area contributed by atoms with E-state index in [1.165, 1.54) is 18.9 Å². The van der Waals surface area contributed by atoms with E-state index in [1.807, 2.05) is 24.5 Å². The Morgan fingerprint density at radius 2 is 1.78 bits per heavy atom. The fourth-order valence-corrected chi connectivity index (χ4v) is 3.00. The predicted octanol–water partition coefficient (Wildman–Crippen LogP) is 4.57. The first-order valence-electron chi connectivity index (χ1n) is 7.90. The van der Waals surface area contributed by atoms with Gasteiger partial charge in [-0.1, -0.05) is 29.4 Å². The van der Waals surface area contributed by atoms with E-state index in [0.717, 1.165) is 5.56 Å². The molecule has 0 unspecified atom stereocenters. The lowest BCUT2D eigenvalue weighted by Crippen LogP contribution is -2.09. The molecule has 27 heavy (non-hydrogen) atoms. The minimum absolute atomic E-state index is 0.432. The van der Waals surface area contributed by atoms with Crippen LogP contribution in [0.15, 0.2) is 35.3 Å². The molecule has 8 heteroatoms. The number of methoxy groups -OCH3 is 3. The molecule has 0 saturated heterocycles. The highest BCUT2D eigenvalue weighted by molar-refractivity contribution is 8.13. The molecule has 2 aromatic rings. The standard InChI is InChI=1S/C19H20ClN3O3S/c1-24-16-6-5-12(7-14(16)20)11-22-19(27-4)23-15-9-18(26-3)17(25-2)8-13(15)10-21/h5-9H,11H2,1-4H3,(H,22,23). The van der Waals surface area contributed by atoms with Gasteiger partial charge in [0.25, 0.3) is 0 Å². The van der Waals surface area contributed by atoms with Crippen LogP contribution in [0.1, 0.15) is 11.1 Å². The number of hydrogen-bond donors (Lipinski definition) is 1. The Bertz CT molecular complexity index is 881. The lowest BCUT2D eigenvalue weighted by Gasteiger charge is -2.14.